The molecule has 0 bridgehead atoms. The van der Waals surface area contributed by atoms with E-state index in [1.807, 2.05) is 12.1 Å². The summed E-state index contributed by atoms with van der Waals surface area (Å²) < 4.78 is 0. The molecule has 0 fully saturated rings. The summed E-state index contributed by atoms with van der Waals surface area (Å²) in [4.78, 5) is 21.0. The molecule has 4 heteroatoms. The van der Waals surface area contributed by atoms with Gasteiger partial charge in [0.25, 0.3) is 5.69 Å². The molecule has 0 unspecified atom stereocenters. The third-order valence-electron chi connectivity index (χ3n) is 2.47. The first-order valence-corrected chi connectivity index (χ1v) is 4.82. The molecule has 0 heterocycles. The van der Waals surface area contributed by atoms with Gasteiger partial charge in [-0.05, 0) is 11.5 Å². The highest BCUT2D eigenvalue weighted by atomic mass is 16.6. The molecule has 0 amide bonds. The highest BCUT2D eigenvalue weighted by molar-refractivity contribution is 5.92. The van der Waals surface area contributed by atoms with Crippen LogP contribution in [0, 0.1) is 10.1 Å². The Hall–Kier alpha value is -2.23. The van der Waals surface area contributed by atoms with Crippen LogP contribution in [0.2, 0.25) is 0 Å². The lowest BCUT2D eigenvalue weighted by Gasteiger charge is -2.03. The van der Waals surface area contributed by atoms with Crippen molar-refractivity contribution in [3.63, 3.8) is 0 Å². The Morgan fingerprint density at radius 1 is 1.19 bits per heavy atom. The first-order chi connectivity index (χ1) is 7.74. The van der Waals surface area contributed by atoms with Crippen molar-refractivity contribution in [3.05, 3.63) is 52.1 Å². The summed E-state index contributed by atoms with van der Waals surface area (Å²) in [6.07, 6.45) is 0.748. The van der Waals surface area contributed by atoms with E-state index in [9.17, 15) is 14.9 Å². The number of carbonyl (C=O) groups excluding carboxylic acids is 1. The highest BCUT2D eigenvalue weighted by Gasteiger charge is 2.17. The molecular weight excluding hydrogens is 206 g/mol. The lowest BCUT2D eigenvalue weighted by molar-refractivity contribution is -0.383. The molecule has 0 aliphatic rings. The molecule has 0 spiro atoms. The molecular formula is C12H9NO3. The lowest BCUT2D eigenvalue weighted by Crippen LogP contribution is -1.97. The molecule has 0 saturated carbocycles. The van der Waals surface area contributed by atoms with Crippen molar-refractivity contribution in [1.82, 2.24) is 0 Å². The zero-order valence-electron chi connectivity index (χ0n) is 8.42. The summed E-state index contributed by atoms with van der Waals surface area (Å²) in [5, 5.41) is 12.4. The van der Waals surface area contributed by atoms with E-state index in [2.05, 4.69) is 0 Å². The molecule has 0 aromatic heterocycles. The van der Waals surface area contributed by atoms with E-state index in [0.29, 0.717) is 17.2 Å². The van der Waals surface area contributed by atoms with Gasteiger partial charge in [-0.3, -0.25) is 10.1 Å². The number of nitro benzene ring substituents is 1. The van der Waals surface area contributed by atoms with Gasteiger partial charge in [-0.1, -0.05) is 30.3 Å². The number of nitro groups is 1. The van der Waals surface area contributed by atoms with Crippen LogP contribution in [0.15, 0.2) is 36.4 Å². The molecule has 16 heavy (non-hydrogen) atoms. The van der Waals surface area contributed by atoms with Gasteiger partial charge in [0.2, 0.25) is 0 Å². The van der Waals surface area contributed by atoms with Crippen LogP contribution in [0.3, 0.4) is 0 Å². The summed E-state index contributed by atoms with van der Waals surface area (Å²) in [6.45, 7) is 0. The van der Waals surface area contributed by atoms with Crippen molar-refractivity contribution in [3.8, 4) is 0 Å². The minimum atomic E-state index is -0.429. The summed E-state index contributed by atoms with van der Waals surface area (Å²) in [7, 11) is 0. The molecule has 0 aliphatic carbocycles. The molecule has 0 aliphatic heterocycles. The number of fused-ring (bicyclic) bond motifs is 1. The second-order valence-corrected chi connectivity index (χ2v) is 3.42. The van der Waals surface area contributed by atoms with E-state index in [1.54, 1.807) is 24.3 Å². The fourth-order valence-corrected chi connectivity index (χ4v) is 1.77. The fourth-order valence-electron chi connectivity index (χ4n) is 1.77. The molecule has 80 valence electrons. The van der Waals surface area contributed by atoms with Crippen LogP contribution < -0.4 is 0 Å². The molecule has 0 saturated heterocycles. The molecule has 2 aromatic carbocycles. The normalized spacial score (nSPS) is 10.2. The van der Waals surface area contributed by atoms with Crippen molar-refractivity contribution < 1.29 is 9.72 Å². The first-order valence-electron chi connectivity index (χ1n) is 4.82. The Kier molecular flexibility index (Phi) is 2.64. The van der Waals surface area contributed by atoms with E-state index >= 15 is 0 Å². The molecule has 0 radical (unpaired) electrons. The SMILES string of the molecule is O=CCc1ccc2ccccc2c1[N+](=O)[O-]. The van der Waals surface area contributed by atoms with Crippen LogP contribution in [-0.2, 0) is 11.2 Å². The van der Waals surface area contributed by atoms with Crippen molar-refractivity contribution >= 4 is 22.7 Å². The van der Waals surface area contributed by atoms with E-state index in [0.717, 1.165) is 5.39 Å². The minimum absolute atomic E-state index is 0.0326. The Morgan fingerprint density at radius 3 is 2.62 bits per heavy atom. The van der Waals surface area contributed by atoms with Crippen LogP contribution in [0.25, 0.3) is 10.8 Å². The van der Waals surface area contributed by atoms with Gasteiger partial charge >= 0.3 is 0 Å². The van der Waals surface area contributed by atoms with E-state index in [4.69, 9.17) is 0 Å². The van der Waals surface area contributed by atoms with Gasteiger partial charge in [0.15, 0.2) is 0 Å². The van der Waals surface area contributed by atoms with E-state index in [-0.39, 0.29) is 12.1 Å². The smallest absolute Gasteiger partial charge is 0.280 e. The maximum Gasteiger partial charge on any atom is 0.280 e. The van der Waals surface area contributed by atoms with Crippen LogP contribution >= 0.6 is 0 Å². The Bertz CT molecular complexity index is 563. The van der Waals surface area contributed by atoms with Crippen molar-refractivity contribution in [2.45, 2.75) is 6.42 Å². The van der Waals surface area contributed by atoms with Crippen molar-refractivity contribution in [1.29, 1.82) is 0 Å². The topological polar surface area (TPSA) is 60.2 Å². The van der Waals surface area contributed by atoms with Crippen LogP contribution in [-0.4, -0.2) is 11.2 Å². The third-order valence-corrected chi connectivity index (χ3v) is 2.47. The van der Waals surface area contributed by atoms with Crippen molar-refractivity contribution in [2.24, 2.45) is 0 Å². The predicted molar refractivity (Wildman–Crippen MR) is 60.4 cm³/mol. The van der Waals surface area contributed by atoms with Gasteiger partial charge in [-0.2, -0.15) is 0 Å². The Labute approximate surface area is 91.7 Å². The summed E-state index contributed by atoms with van der Waals surface area (Å²) >= 11 is 0. The maximum absolute atomic E-state index is 11.0. The second-order valence-electron chi connectivity index (χ2n) is 3.42. The standard InChI is InChI=1S/C12H9NO3/c14-8-7-10-6-5-9-3-1-2-4-11(9)12(10)13(15)16/h1-6,8H,7H2. The van der Waals surface area contributed by atoms with Crippen LogP contribution in [0.4, 0.5) is 5.69 Å². The fraction of sp³-hybridized carbons (Fsp3) is 0.0833. The number of rotatable bonds is 3. The number of nitrogens with zero attached hydrogens (tertiary/aromatic N) is 1. The van der Waals surface area contributed by atoms with E-state index in [1.165, 1.54) is 0 Å². The van der Waals surface area contributed by atoms with Crippen LogP contribution in [0.5, 0.6) is 0 Å². The van der Waals surface area contributed by atoms with Gasteiger partial charge in [0, 0.05) is 12.0 Å². The molecule has 0 N–H and O–H groups in total. The van der Waals surface area contributed by atoms with Crippen LogP contribution in [0.1, 0.15) is 5.56 Å². The Morgan fingerprint density at radius 2 is 1.94 bits per heavy atom. The molecule has 4 nitrogen and oxygen atoms in total. The zero-order chi connectivity index (χ0) is 11.5. The third kappa shape index (κ3) is 1.65. The summed E-state index contributed by atoms with van der Waals surface area (Å²) in [5.74, 6) is 0. The van der Waals surface area contributed by atoms with Gasteiger partial charge in [-0.25, -0.2) is 0 Å². The average molecular weight is 215 g/mol. The highest BCUT2D eigenvalue weighted by Crippen LogP contribution is 2.29. The first kappa shape index (κ1) is 10.3. The zero-order valence-corrected chi connectivity index (χ0v) is 8.42. The number of aldehydes is 1. The quantitative estimate of drug-likeness (QED) is 0.449. The van der Waals surface area contributed by atoms with Crippen molar-refractivity contribution in [2.75, 3.05) is 0 Å². The summed E-state index contributed by atoms with van der Waals surface area (Å²) in [5.41, 5.74) is 0.490. The maximum atomic E-state index is 11.0. The monoisotopic (exact) mass is 215 g/mol. The van der Waals surface area contributed by atoms with Gasteiger partial charge in [-0.15, -0.1) is 0 Å². The molecule has 2 rings (SSSR count). The van der Waals surface area contributed by atoms with Gasteiger partial charge in [0.05, 0.1) is 10.3 Å². The number of benzene rings is 2. The number of hydrogen-bond acceptors (Lipinski definition) is 3. The molecule has 2 aromatic rings. The average Bonchev–Trinajstić information content (AvgIpc) is 2.28. The van der Waals surface area contributed by atoms with Gasteiger partial charge in [0.1, 0.15) is 6.29 Å². The predicted octanol–water partition coefficient (Wildman–Crippen LogP) is 2.49. The van der Waals surface area contributed by atoms with Gasteiger partial charge < -0.3 is 4.79 Å². The number of hydrogen-bond donors (Lipinski definition) is 0. The number of carbonyl (C=O) groups is 1. The lowest BCUT2D eigenvalue weighted by atomic mass is 10.0. The molecule has 0 atom stereocenters. The van der Waals surface area contributed by atoms with E-state index < -0.39 is 4.92 Å². The largest absolute Gasteiger partial charge is 0.303 e. The summed E-state index contributed by atoms with van der Waals surface area (Å²) in [6, 6.07) is 10.5. The second kappa shape index (κ2) is 4.10. The minimum Gasteiger partial charge on any atom is -0.303 e. The Balaban J connectivity index is 2.78.